The summed E-state index contributed by atoms with van der Waals surface area (Å²) in [6, 6.07) is 9.08. The molecule has 0 fully saturated rings. The van der Waals surface area contributed by atoms with Crippen molar-refractivity contribution in [3.8, 4) is 11.5 Å². The maximum atomic E-state index is 11.8. The van der Waals surface area contributed by atoms with E-state index in [1.54, 1.807) is 24.3 Å². The number of carbonyl (C=O) groups excluding carboxylic acids is 2. The molecule has 0 unspecified atom stereocenters. The van der Waals surface area contributed by atoms with Gasteiger partial charge in [0.1, 0.15) is 0 Å². The molecule has 1 N–H and O–H groups in total. The average molecular weight is 405 g/mol. The third-order valence-electron chi connectivity index (χ3n) is 3.57. The maximum Gasteiger partial charge on any atom is 0.331 e. The van der Waals surface area contributed by atoms with Gasteiger partial charge in [-0.3, -0.25) is 14.9 Å². The number of rotatable bonds is 6. The molecule has 0 aliphatic carbocycles. The van der Waals surface area contributed by atoms with Crippen LogP contribution >= 0.6 is 11.6 Å². The van der Waals surface area contributed by atoms with Gasteiger partial charge in [-0.2, -0.15) is 0 Å². The second-order valence-corrected chi connectivity index (χ2v) is 5.96. The van der Waals surface area contributed by atoms with Crippen LogP contribution in [0.5, 0.6) is 11.5 Å². The summed E-state index contributed by atoms with van der Waals surface area (Å²) in [5.74, 6) is -0.810. The first-order chi connectivity index (χ1) is 13.4. The monoisotopic (exact) mass is 404 g/mol. The van der Waals surface area contributed by atoms with Crippen molar-refractivity contribution in [1.29, 1.82) is 0 Å². The molecule has 10 heteroatoms. The second kappa shape index (κ2) is 8.40. The van der Waals surface area contributed by atoms with Crippen LogP contribution in [0.1, 0.15) is 5.56 Å². The van der Waals surface area contributed by atoms with Crippen LogP contribution in [0.15, 0.2) is 42.5 Å². The van der Waals surface area contributed by atoms with E-state index in [9.17, 15) is 19.7 Å². The third-order valence-corrected chi connectivity index (χ3v) is 3.81. The van der Waals surface area contributed by atoms with E-state index < -0.39 is 23.4 Å². The summed E-state index contributed by atoms with van der Waals surface area (Å²) in [4.78, 5) is 34.2. The van der Waals surface area contributed by atoms with Crippen molar-refractivity contribution in [2.75, 3.05) is 18.7 Å². The molecule has 0 radical (unpaired) electrons. The van der Waals surface area contributed by atoms with Gasteiger partial charge in [-0.25, -0.2) is 4.79 Å². The molecule has 2 aromatic rings. The van der Waals surface area contributed by atoms with E-state index in [4.69, 9.17) is 25.8 Å². The number of esters is 1. The lowest BCUT2D eigenvalue weighted by Gasteiger charge is -2.05. The van der Waals surface area contributed by atoms with Gasteiger partial charge in [0.2, 0.25) is 6.79 Å². The zero-order valence-corrected chi connectivity index (χ0v) is 15.0. The molecule has 1 amide bonds. The summed E-state index contributed by atoms with van der Waals surface area (Å²) < 4.78 is 15.1. The van der Waals surface area contributed by atoms with E-state index in [0.29, 0.717) is 16.5 Å². The fourth-order valence-corrected chi connectivity index (χ4v) is 2.53. The minimum Gasteiger partial charge on any atom is -0.454 e. The summed E-state index contributed by atoms with van der Waals surface area (Å²) in [6.07, 6.45) is 2.19. The van der Waals surface area contributed by atoms with Gasteiger partial charge in [-0.1, -0.05) is 17.7 Å². The van der Waals surface area contributed by atoms with Gasteiger partial charge in [-0.15, -0.1) is 0 Å². The summed E-state index contributed by atoms with van der Waals surface area (Å²) in [6.45, 7) is -0.567. The Morgan fingerprint density at radius 3 is 2.71 bits per heavy atom. The molecule has 1 aliphatic rings. The predicted octanol–water partition coefficient (Wildman–Crippen LogP) is 3.17. The fourth-order valence-electron chi connectivity index (χ4n) is 2.34. The molecule has 0 spiro atoms. The number of nitrogens with one attached hydrogen (secondary N) is 1. The number of nitro benzene ring substituents is 1. The van der Waals surface area contributed by atoms with Gasteiger partial charge in [0.25, 0.3) is 11.6 Å². The molecule has 144 valence electrons. The number of amides is 1. The van der Waals surface area contributed by atoms with Crippen molar-refractivity contribution in [2.24, 2.45) is 0 Å². The quantitative estimate of drug-likeness (QED) is 0.340. The van der Waals surface area contributed by atoms with E-state index >= 15 is 0 Å². The van der Waals surface area contributed by atoms with Crippen molar-refractivity contribution in [3.05, 3.63) is 63.2 Å². The van der Waals surface area contributed by atoms with E-state index in [2.05, 4.69) is 5.32 Å². The van der Waals surface area contributed by atoms with Crippen molar-refractivity contribution in [2.45, 2.75) is 0 Å². The predicted molar refractivity (Wildman–Crippen MR) is 99.3 cm³/mol. The first-order valence-corrected chi connectivity index (χ1v) is 8.28. The lowest BCUT2D eigenvalue weighted by Crippen LogP contribution is -2.20. The number of benzene rings is 2. The van der Waals surface area contributed by atoms with Crippen LogP contribution in [0, 0.1) is 10.1 Å². The Morgan fingerprint density at radius 1 is 1.25 bits per heavy atom. The maximum absolute atomic E-state index is 11.8. The number of nitro groups is 1. The van der Waals surface area contributed by atoms with Crippen molar-refractivity contribution >= 4 is 40.9 Å². The first-order valence-electron chi connectivity index (χ1n) is 7.90. The van der Waals surface area contributed by atoms with Crippen LogP contribution in [-0.2, 0) is 14.3 Å². The highest BCUT2D eigenvalue weighted by Crippen LogP contribution is 2.38. The molecule has 0 aromatic heterocycles. The van der Waals surface area contributed by atoms with E-state index in [1.807, 2.05) is 0 Å². The Balaban J connectivity index is 1.59. The molecule has 28 heavy (non-hydrogen) atoms. The largest absolute Gasteiger partial charge is 0.454 e. The lowest BCUT2D eigenvalue weighted by atomic mass is 10.1. The van der Waals surface area contributed by atoms with Gasteiger partial charge in [0.05, 0.1) is 16.6 Å². The molecule has 9 nitrogen and oxygen atoms in total. The number of ether oxygens (including phenoxy) is 3. The summed E-state index contributed by atoms with van der Waals surface area (Å²) in [7, 11) is 0. The molecule has 0 bridgehead atoms. The Labute approximate surface area is 163 Å². The van der Waals surface area contributed by atoms with Gasteiger partial charge >= 0.3 is 5.97 Å². The highest BCUT2D eigenvalue weighted by atomic mass is 35.5. The van der Waals surface area contributed by atoms with Crippen molar-refractivity contribution in [1.82, 2.24) is 0 Å². The van der Waals surface area contributed by atoms with Crippen LogP contribution in [-0.4, -0.2) is 30.2 Å². The third kappa shape index (κ3) is 4.77. The highest BCUT2D eigenvalue weighted by molar-refractivity contribution is 6.30. The van der Waals surface area contributed by atoms with E-state index in [-0.39, 0.29) is 23.8 Å². The van der Waals surface area contributed by atoms with Crippen molar-refractivity contribution in [3.63, 3.8) is 0 Å². The molecule has 0 saturated carbocycles. The molecule has 2 aromatic carbocycles. The van der Waals surface area contributed by atoms with Crippen LogP contribution in [0.25, 0.3) is 6.08 Å². The highest BCUT2D eigenvalue weighted by Gasteiger charge is 2.22. The summed E-state index contributed by atoms with van der Waals surface area (Å²) >= 11 is 5.82. The number of hydrogen-bond acceptors (Lipinski definition) is 7. The Bertz CT molecular complexity index is 974. The number of hydrogen-bond donors (Lipinski definition) is 1. The zero-order chi connectivity index (χ0) is 20.1. The Hall–Kier alpha value is -3.59. The van der Waals surface area contributed by atoms with Gasteiger partial charge in [0.15, 0.2) is 18.1 Å². The van der Waals surface area contributed by atoms with Crippen LogP contribution in [0.2, 0.25) is 5.02 Å². The minimum absolute atomic E-state index is 0.0383. The normalized spacial score (nSPS) is 12.0. The molecular formula is C18H13ClN2O7. The number of halogens is 1. The SMILES string of the molecule is O=C(COC(=O)/C=C/c1cc2c(cc1[N+](=O)[O-])OCO2)Nc1cccc(Cl)c1. The van der Waals surface area contributed by atoms with E-state index in [0.717, 1.165) is 6.08 Å². The zero-order valence-electron chi connectivity index (χ0n) is 14.2. The van der Waals surface area contributed by atoms with Gasteiger partial charge in [-0.05, 0) is 30.3 Å². The minimum atomic E-state index is -0.840. The number of carbonyl (C=O) groups is 2. The molecule has 1 heterocycles. The number of nitrogens with zero attached hydrogens (tertiary/aromatic N) is 1. The smallest absolute Gasteiger partial charge is 0.331 e. The standard InChI is InChI=1S/C18H13ClN2O7/c19-12-2-1-3-13(7-12)20-17(22)9-26-18(23)5-4-11-6-15-16(28-10-27-15)8-14(11)21(24)25/h1-8H,9-10H2,(H,20,22)/b5-4+. The fraction of sp³-hybridized carbons (Fsp3) is 0.111. The Morgan fingerprint density at radius 2 is 2.00 bits per heavy atom. The van der Waals surface area contributed by atoms with E-state index in [1.165, 1.54) is 18.2 Å². The van der Waals surface area contributed by atoms with Gasteiger partial charge in [0, 0.05) is 16.8 Å². The molecule has 1 aliphatic heterocycles. The second-order valence-electron chi connectivity index (χ2n) is 5.52. The van der Waals surface area contributed by atoms with Crippen molar-refractivity contribution < 1.29 is 28.7 Å². The molecule has 0 atom stereocenters. The number of anilines is 1. The average Bonchev–Trinajstić information content (AvgIpc) is 3.11. The summed E-state index contributed by atoms with van der Waals surface area (Å²) in [5.41, 5.74) is 0.335. The summed E-state index contributed by atoms with van der Waals surface area (Å²) in [5, 5.41) is 14.1. The molecular weight excluding hydrogens is 392 g/mol. The van der Waals surface area contributed by atoms with Crippen LogP contribution in [0.4, 0.5) is 11.4 Å². The Kier molecular flexibility index (Phi) is 5.75. The van der Waals surface area contributed by atoms with Crippen LogP contribution < -0.4 is 14.8 Å². The molecule has 3 rings (SSSR count). The lowest BCUT2D eigenvalue weighted by molar-refractivity contribution is -0.385. The van der Waals surface area contributed by atoms with Crippen LogP contribution in [0.3, 0.4) is 0 Å². The molecule has 0 saturated heterocycles. The van der Waals surface area contributed by atoms with Gasteiger partial charge < -0.3 is 19.5 Å². The topological polar surface area (TPSA) is 117 Å². The first kappa shape index (κ1) is 19.2. The number of fused-ring (bicyclic) bond motifs is 1.